The Labute approximate surface area is 324 Å². The predicted octanol–water partition coefficient (Wildman–Crippen LogP) is 5.52. The number of carbonyl (C=O) groups excluding carboxylic acids is 2. The lowest BCUT2D eigenvalue weighted by molar-refractivity contribution is -0.158. The van der Waals surface area contributed by atoms with Crippen molar-refractivity contribution in [1.82, 2.24) is 0 Å². The van der Waals surface area contributed by atoms with E-state index in [9.17, 15) is 30.0 Å². The minimum absolute atomic E-state index is 0.0174. The van der Waals surface area contributed by atoms with Gasteiger partial charge < -0.3 is 31.9 Å². The molecule has 1 aromatic rings. The molecule has 7 rings (SSSR count). The minimum Gasteiger partial charge on any atom is -0.478 e. The van der Waals surface area contributed by atoms with Gasteiger partial charge in [0.2, 0.25) is 0 Å². The first-order valence-electron chi connectivity index (χ1n) is 20.2. The highest BCUT2D eigenvalue weighted by atomic mass is 16.4. The molecular weight excluding hydrogens is 695 g/mol. The molecule has 8 N–H and O–H groups in total. The molecule has 55 heavy (non-hydrogen) atoms. The molecule has 0 aliphatic heterocycles. The summed E-state index contributed by atoms with van der Waals surface area (Å²) in [5.74, 6) is -3.16. The van der Waals surface area contributed by atoms with Crippen LogP contribution >= 0.6 is 0 Å². The summed E-state index contributed by atoms with van der Waals surface area (Å²) < 4.78 is 0. The topological polar surface area (TPSA) is 197 Å². The van der Waals surface area contributed by atoms with Crippen LogP contribution in [0.2, 0.25) is 0 Å². The van der Waals surface area contributed by atoms with Crippen LogP contribution in [0.1, 0.15) is 98.0 Å². The zero-order chi connectivity index (χ0) is 39.9. The van der Waals surface area contributed by atoms with Gasteiger partial charge in [0.1, 0.15) is 5.78 Å². The van der Waals surface area contributed by atoms with Crippen molar-refractivity contribution in [1.29, 1.82) is 0 Å². The van der Waals surface area contributed by atoms with Gasteiger partial charge in [-0.05, 0) is 67.1 Å². The van der Waals surface area contributed by atoms with Crippen LogP contribution in [0.4, 0.5) is 0 Å². The fourth-order valence-electron chi connectivity index (χ4n) is 13.6. The van der Waals surface area contributed by atoms with E-state index in [4.69, 9.17) is 11.5 Å². The Morgan fingerprint density at radius 3 is 2.38 bits per heavy atom. The average Bonchev–Trinajstić information content (AvgIpc) is 3.31. The van der Waals surface area contributed by atoms with Gasteiger partial charge in [-0.1, -0.05) is 102 Å². The van der Waals surface area contributed by atoms with Crippen LogP contribution < -0.4 is 11.5 Å². The van der Waals surface area contributed by atoms with E-state index in [0.29, 0.717) is 30.4 Å². The molecule has 6 aliphatic carbocycles. The summed E-state index contributed by atoms with van der Waals surface area (Å²) in [5, 5.41) is 47.5. The van der Waals surface area contributed by atoms with Gasteiger partial charge >= 0.3 is 5.97 Å². The highest BCUT2D eigenvalue weighted by Gasteiger charge is 2.77. The molecule has 2 bridgehead atoms. The van der Waals surface area contributed by atoms with Gasteiger partial charge in [0.15, 0.2) is 11.7 Å². The summed E-state index contributed by atoms with van der Waals surface area (Å²) in [6.07, 6.45) is 11.2. The molecule has 3 fully saturated rings. The fraction of sp³-hybridized carbons (Fsp3) is 0.600. The molecule has 0 unspecified atom stereocenters. The molecule has 0 aromatic heterocycles. The van der Waals surface area contributed by atoms with E-state index in [1.54, 1.807) is 0 Å². The summed E-state index contributed by atoms with van der Waals surface area (Å²) in [6.45, 7) is 9.49. The van der Waals surface area contributed by atoms with Gasteiger partial charge in [-0.3, -0.25) is 9.59 Å². The number of allylic oxidation sites excluding steroid dienone is 2. The van der Waals surface area contributed by atoms with Gasteiger partial charge in [-0.25, -0.2) is 9.79 Å². The molecule has 0 radical (unpaired) electrons. The van der Waals surface area contributed by atoms with E-state index < -0.39 is 75.2 Å². The normalized spacial score (nSPS) is 41.6. The number of Topliss-reactive ketones (excluding diaryl/α,β-unsaturated/α-hetero) is 2. The molecule has 0 saturated heterocycles. The number of hydrogen-bond donors (Lipinski definition) is 6. The highest BCUT2D eigenvalue weighted by Crippen LogP contribution is 2.79. The maximum absolute atomic E-state index is 15.5. The van der Waals surface area contributed by atoms with Crippen LogP contribution in [0.3, 0.4) is 0 Å². The molecule has 12 atom stereocenters. The number of nitrogens with two attached hydrogens (primary N) is 2. The van der Waals surface area contributed by atoms with E-state index in [-0.39, 0.29) is 41.9 Å². The van der Waals surface area contributed by atoms with E-state index in [0.717, 1.165) is 31.2 Å². The van der Waals surface area contributed by atoms with Crippen LogP contribution in [-0.4, -0.2) is 68.3 Å². The number of guanidine groups is 1. The van der Waals surface area contributed by atoms with Crippen molar-refractivity contribution in [3.63, 3.8) is 0 Å². The Morgan fingerprint density at radius 2 is 1.71 bits per heavy atom. The van der Waals surface area contributed by atoms with Crippen LogP contribution in [0.25, 0.3) is 6.08 Å². The number of rotatable bonds is 6. The SMILES string of the molecule is CC(=C[C@@H](O)[C@H]1[C@H](N=C(N)N)C=C[C@]2(C[C@H](O)[C@]3(C)C4=C5C(=O)C[C@@]23CCCCC[C@@]52CCC(=O)C(C)(C)[C@H]2[C@H](C=Cc2ccccc2)[C@H]4O)[C@H]1C)C(=O)O. The van der Waals surface area contributed by atoms with E-state index in [1.807, 2.05) is 63.3 Å². The van der Waals surface area contributed by atoms with Crippen LogP contribution in [0, 0.1) is 50.7 Å². The lowest BCUT2D eigenvalue weighted by Gasteiger charge is -2.66. The van der Waals surface area contributed by atoms with Crippen molar-refractivity contribution in [3.8, 4) is 0 Å². The Morgan fingerprint density at radius 1 is 1.02 bits per heavy atom. The second-order valence-corrected chi connectivity index (χ2v) is 18.5. The third-order valence-corrected chi connectivity index (χ3v) is 15.9. The standard InChI is InChI=1S/C45H59N3O7/c1-25(39(54)55)22-30(49)34-26(2)44(21-16-29(34)48-40(46)47)24-33(52)42(5)36-35-31(50)23-45(42,44)19-11-7-10-18-43(35)20-17-32(51)41(3,4)38(43)28(37(36)53)15-14-27-12-8-6-9-13-27/h6,8-9,12-16,21-22,26,28-30,33-34,37-38,49,52-53H,7,10-11,17-20,23-24H2,1-5H3,(H,54,55)(H4,46,47,48)/t26-,28+,29+,30+,33-,34+,37+,38+,42+,43+,44-,45+/m0/s1. The third kappa shape index (κ3) is 5.52. The summed E-state index contributed by atoms with van der Waals surface area (Å²) in [7, 11) is 0. The molecule has 3 saturated carbocycles. The number of ketones is 2. The molecule has 10 heteroatoms. The molecule has 3 spiro atoms. The van der Waals surface area contributed by atoms with Gasteiger partial charge in [0.05, 0.1) is 24.4 Å². The third-order valence-electron chi connectivity index (χ3n) is 15.9. The second kappa shape index (κ2) is 13.7. The maximum atomic E-state index is 15.5. The molecular formula is C45H59N3O7. The number of carboxylic acid groups (broad SMARTS) is 1. The first kappa shape index (κ1) is 39.4. The first-order chi connectivity index (χ1) is 25.9. The maximum Gasteiger partial charge on any atom is 0.331 e. The molecule has 1 aromatic carbocycles. The monoisotopic (exact) mass is 753 g/mol. The number of aliphatic imine (C=N–C) groups is 1. The molecule has 296 valence electrons. The summed E-state index contributed by atoms with van der Waals surface area (Å²) in [4.78, 5) is 45.8. The first-order valence-corrected chi connectivity index (χ1v) is 20.2. The van der Waals surface area contributed by atoms with Crippen LogP contribution in [0.5, 0.6) is 0 Å². The largest absolute Gasteiger partial charge is 0.478 e. The second-order valence-electron chi connectivity index (χ2n) is 18.5. The van der Waals surface area contributed by atoms with Gasteiger partial charge in [-0.15, -0.1) is 0 Å². The number of nitrogens with zero attached hydrogens (tertiary/aromatic N) is 1. The smallest absolute Gasteiger partial charge is 0.331 e. The van der Waals surface area contributed by atoms with Crippen molar-refractivity contribution >= 4 is 29.6 Å². The summed E-state index contributed by atoms with van der Waals surface area (Å²) in [5.41, 5.74) is 9.76. The number of carboxylic acids is 1. The van der Waals surface area contributed by atoms with Gasteiger partial charge in [0, 0.05) is 57.5 Å². The Bertz CT molecular complexity index is 1910. The number of aliphatic hydroxyl groups excluding tert-OH is 3. The minimum atomic E-state index is -1.26. The van der Waals surface area contributed by atoms with Crippen LogP contribution in [-0.2, 0) is 14.4 Å². The van der Waals surface area contributed by atoms with Gasteiger partial charge in [-0.2, -0.15) is 0 Å². The fourth-order valence-corrected chi connectivity index (χ4v) is 13.6. The lowest BCUT2D eigenvalue weighted by atomic mass is 9.36. The lowest BCUT2D eigenvalue weighted by Crippen LogP contribution is -2.66. The number of fused-ring (bicyclic) bond motifs is 2. The Balaban J connectivity index is 1.48. The number of benzene rings is 1. The van der Waals surface area contributed by atoms with E-state index in [1.165, 1.54) is 13.0 Å². The van der Waals surface area contributed by atoms with Crippen molar-refractivity contribution in [2.45, 2.75) is 117 Å². The van der Waals surface area contributed by atoms with Crippen molar-refractivity contribution in [2.75, 3.05) is 0 Å². The number of aliphatic hydroxyl groups is 3. The quantitative estimate of drug-likeness (QED) is 0.0939. The molecule has 0 amide bonds. The molecule has 0 heterocycles. The van der Waals surface area contributed by atoms with Crippen molar-refractivity contribution < 1.29 is 34.8 Å². The van der Waals surface area contributed by atoms with Crippen LogP contribution in [0.15, 0.2) is 76.3 Å². The van der Waals surface area contributed by atoms with Crippen molar-refractivity contribution in [2.24, 2.45) is 67.2 Å². The number of hydrogen-bond acceptors (Lipinski definition) is 7. The van der Waals surface area contributed by atoms with E-state index >= 15 is 4.79 Å². The molecule has 10 nitrogen and oxygen atoms in total. The van der Waals surface area contributed by atoms with E-state index in [2.05, 4.69) is 24.1 Å². The number of aliphatic carboxylic acids is 1. The van der Waals surface area contributed by atoms with Crippen molar-refractivity contribution in [3.05, 3.63) is 76.9 Å². The predicted molar refractivity (Wildman–Crippen MR) is 211 cm³/mol. The Hall–Kier alpha value is -3.86. The number of carbonyl (C=O) groups is 3. The highest BCUT2D eigenvalue weighted by molar-refractivity contribution is 6.01. The summed E-state index contributed by atoms with van der Waals surface area (Å²) >= 11 is 0. The zero-order valence-electron chi connectivity index (χ0n) is 32.9. The molecule has 6 aliphatic rings. The van der Waals surface area contributed by atoms with Gasteiger partial charge in [0.25, 0.3) is 0 Å². The average molecular weight is 754 g/mol. The zero-order valence-corrected chi connectivity index (χ0v) is 32.9. The Kier molecular flexibility index (Phi) is 9.78. The summed E-state index contributed by atoms with van der Waals surface area (Å²) in [6, 6.07) is 9.20.